The monoisotopic (exact) mass is 260 g/mol. The first-order valence-electron chi connectivity index (χ1n) is 6.12. The summed E-state index contributed by atoms with van der Waals surface area (Å²) >= 11 is 1.71. The van der Waals surface area contributed by atoms with Crippen molar-refractivity contribution in [2.24, 2.45) is 0 Å². The van der Waals surface area contributed by atoms with Crippen molar-refractivity contribution in [1.29, 1.82) is 0 Å². The third kappa shape index (κ3) is 1.91. The van der Waals surface area contributed by atoms with Gasteiger partial charge in [-0.3, -0.25) is 0 Å². The number of nitrogens with one attached hydrogen (secondary N) is 1. The van der Waals surface area contributed by atoms with Gasteiger partial charge in [0.15, 0.2) is 0 Å². The normalized spacial score (nSPS) is 15.2. The third-order valence-electron chi connectivity index (χ3n) is 3.38. The zero-order chi connectivity index (χ0) is 12.5. The fourth-order valence-corrected chi connectivity index (χ4v) is 3.36. The Morgan fingerprint density at radius 2 is 2.33 bits per heavy atom. The van der Waals surface area contributed by atoms with Crippen molar-refractivity contribution < 1.29 is 4.74 Å². The number of benzene rings is 1. The first kappa shape index (κ1) is 11.7. The zero-order valence-electron chi connectivity index (χ0n) is 10.6. The molecule has 1 aliphatic rings. The molecule has 1 aliphatic heterocycles. The molecule has 3 nitrogen and oxygen atoms in total. The lowest BCUT2D eigenvalue weighted by Gasteiger charge is -2.16. The molecule has 1 atom stereocenters. The molecule has 0 fully saturated rings. The van der Waals surface area contributed by atoms with Crippen LogP contribution in [0, 0.1) is 6.92 Å². The average Bonchev–Trinajstić information content (AvgIpc) is 2.99. The average molecular weight is 260 g/mol. The Balaban J connectivity index is 2.00. The molecule has 1 aromatic carbocycles. The van der Waals surface area contributed by atoms with Crippen molar-refractivity contribution in [3.05, 3.63) is 45.4 Å². The molecule has 3 rings (SSSR count). The van der Waals surface area contributed by atoms with Gasteiger partial charge in [0.2, 0.25) is 0 Å². The van der Waals surface area contributed by atoms with Crippen LogP contribution in [0.3, 0.4) is 0 Å². The molecule has 0 aliphatic carbocycles. The Hall–Kier alpha value is -1.39. The number of aryl methyl sites for hydroxylation is 1. The molecule has 0 amide bonds. The molecule has 2 heterocycles. The van der Waals surface area contributed by atoms with Crippen LogP contribution in [0.15, 0.2) is 23.7 Å². The fourth-order valence-electron chi connectivity index (χ4n) is 2.42. The molecule has 18 heavy (non-hydrogen) atoms. The van der Waals surface area contributed by atoms with Crippen molar-refractivity contribution in [2.75, 3.05) is 13.7 Å². The molecule has 0 saturated carbocycles. The van der Waals surface area contributed by atoms with Crippen LogP contribution < -0.4 is 10.1 Å². The second-order valence-corrected chi connectivity index (χ2v) is 5.38. The van der Waals surface area contributed by atoms with E-state index < -0.39 is 0 Å². The van der Waals surface area contributed by atoms with E-state index in [2.05, 4.69) is 35.4 Å². The van der Waals surface area contributed by atoms with Crippen LogP contribution in [0.5, 0.6) is 5.75 Å². The van der Waals surface area contributed by atoms with Gasteiger partial charge in [0.1, 0.15) is 5.75 Å². The van der Waals surface area contributed by atoms with Crippen LogP contribution in [0.25, 0.3) is 0 Å². The standard InChI is InChI=1S/C14H16N2OS/c1-9-14(18-8-16-9)13(15-2)11-3-4-12-10(7-11)5-6-17-12/h3-4,7-8,13,15H,5-6H2,1-2H3. The van der Waals surface area contributed by atoms with Crippen LogP contribution in [0.2, 0.25) is 0 Å². The van der Waals surface area contributed by atoms with E-state index in [1.165, 1.54) is 16.0 Å². The molecule has 0 bridgehead atoms. The molecular weight excluding hydrogens is 244 g/mol. The van der Waals surface area contributed by atoms with Gasteiger partial charge in [0.25, 0.3) is 0 Å². The summed E-state index contributed by atoms with van der Waals surface area (Å²) in [5.74, 6) is 1.04. The highest BCUT2D eigenvalue weighted by Gasteiger charge is 2.19. The number of fused-ring (bicyclic) bond motifs is 1. The SMILES string of the molecule is CNC(c1ccc2c(c1)CCO2)c1scnc1C. The molecule has 1 N–H and O–H groups in total. The van der Waals surface area contributed by atoms with Gasteiger partial charge in [-0.2, -0.15) is 0 Å². The maximum Gasteiger partial charge on any atom is 0.122 e. The molecule has 4 heteroatoms. The molecular formula is C14H16N2OS. The number of hydrogen-bond acceptors (Lipinski definition) is 4. The largest absolute Gasteiger partial charge is 0.493 e. The Morgan fingerprint density at radius 1 is 1.44 bits per heavy atom. The topological polar surface area (TPSA) is 34.1 Å². The summed E-state index contributed by atoms with van der Waals surface area (Å²) in [5.41, 5.74) is 5.62. The quantitative estimate of drug-likeness (QED) is 0.921. The Bertz CT molecular complexity index is 565. The molecule has 94 valence electrons. The number of thiazole rings is 1. The minimum Gasteiger partial charge on any atom is -0.493 e. The highest BCUT2D eigenvalue weighted by molar-refractivity contribution is 7.09. The van der Waals surface area contributed by atoms with E-state index in [0.717, 1.165) is 24.5 Å². The molecule has 0 radical (unpaired) electrons. The lowest BCUT2D eigenvalue weighted by molar-refractivity contribution is 0.357. The van der Waals surface area contributed by atoms with Crippen LogP contribution in [-0.2, 0) is 6.42 Å². The second-order valence-electron chi connectivity index (χ2n) is 4.49. The number of nitrogens with zero attached hydrogens (tertiary/aromatic N) is 1. The van der Waals surface area contributed by atoms with Crippen LogP contribution >= 0.6 is 11.3 Å². The fraction of sp³-hybridized carbons (Fsp3) is 0.357. The van der Waals surface area contributed by atoms with Crippen LogP contribution in [-0.4, -0.2) is 18.6 Å². The maximum absolute atomic E-state index is 5.55. The lowest BCUT2D eigenvalue weighted by atomic mass is 10.0. The number of hydrogen-bond donors (Lipinski definition) is 1. The Morgan fingerprint density at radius 3 is 3.06 bits per heavy atom. The van der Waals surface area contributed by atoms with Gasteiger partial charge in [-0.15, -0.1) is 11.3 Å². The minimum absolute atomic E-state index is 0.225. The zero-order valence-corrected chi connectivity index (χ0v) is 11.4. The number of rotatable bonds is 3. The van der Waals surface area contributed by atoms with E-state index in [1.54, 1.807) is 11.3 Å². The van der Waals surface area contributed by atoms with Crippen molar-refractivity contribution in [3.63, 3.8) is 0 Å². The molecule has 0 saturated heterocycles. The summed E-state index contributed by atoms with van der Waals surface area (Å²) in [6, 6.07) is 6.70. The summed E-state index contributed by atoms with van der Waals surface area (Å²) in [4.78, 5) is 5.63. The number of aromatic nitrogens is 1. The van der Waals surface area contributed by atoms with Crippen molar-refractivity contribution in [3.8, 4) is 5.75 Å². The number of ether oxygens (including phenoxy) is 1. The predicted molar refractivity (Wildman–Crippen MR) is 73.4 cm³/mol. The molecule has 1 unspecified atom stereocenters. The summed E-state index contributed by atoms with van der Waals surface area (Å²) in [6.07, 6.45) is 1.02. The molecule has 0 spiro atoms. The van der Waals surface area contributed by atoms with E-state index in [9.17, 15) is 0 Å². The summed E-state index contributed by atoms with van der Waals surface area (Å²) in [5, 5.41) is 3.38. The third-order valence-corrected chi connectivity index (χ3v) is 4.38. The van der Waals surface area contributed by atoms with E-state index in [-0.39, 0.29) is 6.04 Å². The van der Waals surface area contributed by atoms with Gasteiger partial charge in [-0.05, 0) is 31.2 Å². The van der Waals surface area contributed by atoms with Crippen LogP contribution in [0.1, 0.15) is 27.7 Å². The maximum atomic E-state index is 5.55. The minimum atomic E-state index is 0.225. The van der Waals surface area contributed by atoms with Gasteiger partial charge in [-0.1, -0.05) is 12.1 Å². The van der Waals surface area contributed by atoms with Crippen molar-refractivity contribution in [2.45, 2.75) is 19.4 Å². The van der Waals surface area contributed by atoms with Gasteiger partial charge < -0.3 is 10.1 Å². The predicted octanol–water partition coefficient (Wildman–Crippen LogP) is 2.70. The summed E-state index contributed by atoms with van der Waals surface area (Å²) < 4.78 is 5.55. The van der Waals surface area contributed by atoms with E-state index >= 15 is 0 Å². The summed E-state index contributed by atoms with van der Waals surface area (Å²) in [6.45, 7) is 2.87. The Kier molecular flexibility index (Phi) is 3.06. The van der Waals surface area contributed by atoms with Gasteiger partial charge >= 0.3 is 0 Å². The highest BCUT2D eigenvalue weighted by Crippen LogP contribution is 2.32. The van der Waals surface area contributed by atoms with Gasteiger partial charge in [-0.25, -0.2) is 4.98 Å². The highest BCUT2D eigenvalue weighted by atomic mass is 32.1. The van der Waals surface area contributed by atoms with Crippen molar-refractivity contribution in [1.82, 2.24) is 10.3 Å². The first-order chi connectivity index (χ1) is 8.79. The van der Waals surface area contributed by atoms with E-state index in [1.807, 2.05) is 12.6 Å². The first-order valence-corrected chi connectivity index (χ1v) is 7.00. The Labute approximate surface area is 111 Å². The van der Waals surface area contributed by atoms with E-state index in [0.29, 0.717) is 0 Å². The smallest absolute Gasteiger partial charge is 0.122 e. The van der Waals surface area contributed by atoms with Gasteiger partial charge in [0, 0.05) is 11.3 Å². The van der Waals surface area contributed by atoms with Crippen molar-refractivity contribution >= 4 is 11.3 Å². The van der Waals surface area contributed by atoms with E-state index in [4.69, 9.17) is 4.74 Å². The van der Waals surface area contributed by atoms with Gasteiger partial charge in [0.05, 0.1) is 23.9 Å². The van der Waals surface area contributed by atoms with Crippen LogP contribution in [0.4, 0.5) is 0 Å². The summed E-state index contributed by atoms with van der Waals surface area (Å²) in [7, 11) is 1.99. The lowest BCUT2D eigenvalue weighted by Crippen LogP contribution is -2.17. The molecule has 1 aromatic heterocycles. The molecule has 2 aromatic rings. The second kappa shape index (κ2) is 4.71.